The highest BCUT2D eigenvalue weighted by Crippen LogP contribution is 2.19. The number of carbonyl (C=O) groups is 1. The number of carbonyl (C=O) groups excluding carboxylic acids is 1. The Morgan fingerprint density at radius 3 is 2.91 bits per heavy atom. The topological polar surface area (TPSA) is 72.3 Å². The van der Waals surface area contributed by atoms with Crippen molar-refractivity contribution >= 4 is 29.1 Å². The van der Waals surface area contributed by atoms with Crippen LogP contribution in [0.1, 0.15) is 12.5 Å². The number of hydrazone groups is 1. The highest BCUT2D eigenvalue weighted by atomic mass is 32.2. The van der Waals surface area contributed by atoms with Gasteiger partial charge in [0.15, 0.2) is 5.17 Å². The molecule has 0 aliphatic carbocycles. The average Bonchev–Trinajstić information content (AvgIpc) is 2.95. The summed E-state index contributed by atoms with van der Waals surface area (Å²) in [6, 6.07) is 7.53. The smallest absolute Gasteiger partial charge is 0.332 e. The van der Waals surface area contributed by atoms with E-state index in [2.05, 4.69) is 15.5 Å². The number of methoxy groups -OCH3 is 1. The summed E-state index contributed by atoms with van der Waals surface area (Å²) < 4.78 is 9.93. The van der Waals surface area contributed by atoms with Gasteiger partial charge in [0.05, 0.1) is 25.6 Å². The summed E-state index contributed by atoms with van der Waals surface area (Å²) >= 11 is 1.48. The van der Waals surface area contributed by atoms with Crippen molar-refractivity contribution in [2.45, 2.75) is 6.92 Å². The molecule has 0 bridgehead atoms. The summed E-state index contributed by atoms with van der Waals surface area (Å²) in [5.74, 6) is 1.05. The Kier molecular flexibility index (Phi) is 6.02. The van der Waals surface area contributed by atoms with Crippen LogP contribution in [-0.4, -0.2) is 36.8 Å². The molecular formula is C15H17N3O3S. The number of aliphatic imine (C=N–C) groups is 1. The van der Waals surface area contributed by atoms with Crippen molar-refractivity contribution in [3.05, 3.63) is 41.6 Å². The first-order chi connectivity index (χ1) is 10.7. The van der Waals surface area contributed by atoms with Crippen LogP contribution in [0.5, 0.6) is 5.75 Å². The Morgan fingerprint density at radius 1 is 1.45 bits per heavy atom. The van der Waals surface area contributed by atoms with Gasteiger partial charge in [-0.1, -0.05) is 11.8 Å². The maximum Gasteiger partial charge on any atom is 0.332 e. The van der Waals surface area contributed by atoms with Crippen molar-refractivity contribution in [2.75, 3.05) is 19.5 Å². The molecule has 0 aromatic heterocycles. The molecular weight excluding hydrogens is 302 g/mol. The van der Waals surface area contributed by atoms with E-state index in [0.29, 0.717) is 23.2 Å². The van der Waals surface area contributed by atoms with Crippen LogP contribution in [0.15, 0.2) is 46.1 Å². The summed E-state index contributed by atoms with van der Waals surface area (Å²) in [5.41, 5.74) is 4.47. The number of hydrogen-bond acceptors (Lipinski definition) is 7. The molecule has 7 heteroatoms. The molecule has 0 spiro atoms. The number of nitrogens with one attached hydrogen (secondary N) is 1. The summed E-state index contributed by atoms with van der Waals surface area (Å²) in [6.45, 7) is 2.13. The van der Waals surface area contributed by atoms with Gasteiger partial charge in [0, 0.05) is 11.8 Å². The summed E-state index contributed by atoms with van der Waals surface area (Å²) in [6.07, 6.45) is 3.09. The van der Waals surface area contributed by atoms with Crippen LogP contribution in [0.3, 0.4) is 0 Å². The number of benzene rings is 1. The standard InChI is InChI=1S/C15H17N3O3S/c1-3-21-14(19)8-12-10-22-15(17-12)18-16-9-11-4-6-13(20-2)7-5-11/h4-9H,3,10H2,1-2H3,(H,17,18)/b12-8-,16-9+. The maximum atomic E-state index is 11.3. The van der Waals surface area contributed by atoms with Gasteiger partial charge in [-0.2, -0.15) is 5.10 Å². The molecule has 1 heterocycles. The van der Waals surface area contributed by atoms with Crippen molar-refractivity contribution in [3.8, 4) is 5.75 Å². The molecule has 0 atom stereocenters. The van der Waals surface area contributed by atoms with E-state index in [-0.39, 0.29) is 5.97 Å². The zero-order valence-electron chi connectivity index (χ0n) is 12.4. The second-order valence-corrected chi connectivity index (χ2v) is 5.20. The van der Waals surface area contributed by atoms with E-state index in [0.717, 1.165) is 11.3 Å². The normalized spacial score (nSPS) is 15.9. The van der Waals surface area contributed by atoms with E-state index in [1.807, 2.05) is 24.3 Å². The average molecular weight is 319 g/mol. The molecule has 0 radical (unpaired) electrons. The largest absolute Gasteiger partial charge is 0.497 e. The van der Waals surface area contributed by atoms with Crippen LogP contribution in [0, 0.1) is 0 Å². The second kappa shape index (κ2) is 8.23. The van der Waals surface area contributed by atoms with Crippen molar-refractivity contribution in [3.63, 3.8) is 0 Å². The van der Waals surface area contributed by atoms with Crippen LogP contribution in [-0.2, 0) is 9.53 Å². The lowest BCUT2D eigenvalue weighted by molar-refractivity contribution is -0.137. The number of nitrogens with zero attached hydrogens (tertiary/aromatic N) is 2. The minimum Gasteiger partial charge on any atom is -0.497 e. The van der Waals surface area contributed by atoms with Crippen molar-refractivity contribution in [1.82, 2.24) is 5.43 Å². The van der Waals surface area contributed by atoms with Gasteiger partial charge in [-0.3, -0.25) is 5.43 Å². The Hall–Kier alpha value is -2.28. The van der Waals surface area contributed by atoms with Crippen LogP contribution in [0.4, 0.5) is 0 Å². The summed E-state index contributed by atoms with van der Waals surface area (Å²) in [5, 5.41) is 4.77. The number of hydrogen-bond donors (Lipinski definition) is 1. The fourth-order valence-corrected chi connectivity index (χ4v) is 2.37. The number of esters is 1. The van der Waals surface area contributed by atoms with Crippen molar-refractivity contribution < 1.29 is 14.3 Å². The van der Waals surface area contributed by atoms with Gasteiger partial charge in [0.25, 0.3) is 0 Å². The van der Waals surface area contributed by atoms with Gasteiger partial charge in [-0.05, 0) is 36.8 Å². The van der Waals surface area contributed by atoms with E-state index in [1.54, 1.807) is 20.2 Å². The zero-order valence-corrected chi connectivity index (χ0v) is 13.2. The van der Waals surface area contributed by atoms with Gasteiger partial charge in [0.2, 0.25) is 0 Å². The summed E-state index contributed by atoms with van der Waals surface area (Å²) in [4.78, 5) is 15.6. The number of rotatable bonds is 5. The van der Waals surface area contributed by atoms with Crippen LogP contribution >= 0.6 is 11.8 Å². The lowest BCUT2D eigenvalue weighted by Gasteiger charge is -1.99. The molecule has 0 amide bonds. The van der Waals surface area contributed by atoms with E-state index < -0.39 is 0 Å². The van der Waals surface area contributed by atoms with Gasteiger partial charge in [-0.25, -0.2) is 9.79 Å². The quantitative estimate of drug-likeness (QED) is 0.390. The highest BCUT2D eigenvalue weighted by Gasteiger charge is 2.13. The van der Waals surface area contributed by atoms with E-state index in [1.165, 1.54) is 17.8 Å². The predicted octanol–water partition coefficient (Wildman–Crippen LogP) is 2.17. The molecule has 0 fully saturated rings. The molecule has 0 unspecified atom stereocenters. The van der Waals surface area contributed by atoms with Crippen LogP contribution in [0.25, 0.3) is 0 Å². The SMILES string of the molecule is CCOC(=O)/C=C1/CSC(N/N=C/c2ccc(OC)cc2)=N1. The molecule has 1 aromatic rings. The number of thioether (sulfide) groups is 1. The first-order valence-electron chi connectivity index (χ1n) is 6.73. The molecule has 22 heavy (non-hydrogen) atoms. The lowest BCUT2D eigenvalue weighted by atomic mass is 10.2. The van der Waals surface area contributed by atoms with Gasteiger partial charge in [-0.15, -0.1) is 0 Å². The Morgan fingerprint density at radius 2 is 2.23 bits per heavy atom. The van der Waals surface area contributed by atoms with Crippen LogP contribution < -0.4 is 10.2 Å². The van der Waals surface area contributed by atoms with E-state index in [4.69, 9.17) is 9.47 Å². The van der Waals surface area contributed by atoms with E-state index in [9.17, 15) is 4.79 Å². The van der Waals surface area contributed by atoms with Gasteiger partial charge in [0.1, 0.15) is 5.75 Å². The second-order valence-electron chi connectivity index (χ2n) is 4.24. The van der Waals surface area contributed by atoms with Crippen LogP contribution in [0.2, 0.25) is 0 Å². The third-order valence-electron chi connectivity index (χ3n) is 2.66. The van der Waals surface area contributed by atoms with E-state index >= 15 is 0 Å². The van der Waals surface area contributed by atoms with Gasteiger partial charge >= 0.3 is 5.97 Å². The maximum absolute atomic E-state index is 11.3. The minimum atomic E-state index is -0.371. The molecule has 1 aliphatic rings. The van der Waals surface area contributed by atoms with Crippen molar-refractivity contribution in [1.29, 1.82) is 0 Å². The third-order valence-corrected chi connectivity index (χ3v) is 3.56. The highest BCUT2D eigenvalue weighted by molar-refractivity contribution is 8.14. The fourth-order valence-electron chi connectivity index (χ4n) is 1.64. The molecule has 1 aliphatic heterocycles. The summed E-state index contributed by atoms with van der Waals surface area (Å²) in [7, 11) is 1.63. The molecule has 1 aromatic carbocycles. The third kappa shape index (κ3) is 4.92. The molecule has 2 rings (SSSR count). The van der Waals surface area contributed by atoms with Crippen molar-refractivity contribution in [2.24, 2.45) is 10.1 Å². The first kappa shape index (κ1) is 16.1. The number of amidine groups is 1. The van der Waals surface area contributed by atoms with Gasteiger partial charge < -0.3 is 9.47 Å². The molecule has 0 saturated heterocycles. The monoisotopic (exact) mass is 319 g/mol. The Bertz CT molecular complexity index is 609. The fraction of sp³-hybridized carbons (Fsp3) is 0.267. The zero-order chi connectivity index (χ0) is 15.8. The number of ether oxygens (including phenoxy) is 2. The Labute approximate surface area is 133 Å². The lowest BCUT2D eigenvalue weighted by Crippen LogP contribution is -2.11. The Balaban J connectivity index is 1.88. The minimum absolute atomic E-state index is 0.358. The first-order valence-corrected chi connectivity index (χ1v) is 7.71. The molecule has 6 nitrogen and oxygen atoms in total. The molecule has 1 N–H and O–H groups in total. The predicted molar refractivity (Wildman–Crippen MR) is 88.3 cm³/mol. The molecule has 116 valence electrons. The molecule has 0 saturated carbocycles.